The molecule has 4 nitrogen and oxygen atoms in total. The van der Waals surface area contributed by atoms with E-state index in [0.717, 1.165) is 24.2 Å². The lowest BCUT2D eigenvalue weighted by Gasteiger charge is -2.41. The molecular weight excluding hydrogens is 192 g/mol. The number of amides is 1. The second-order valence-corrected chi connectivity index (χ2v) is 3.69. The molecule has 1 amide bonds. The molecule has 2 rings (SSSR count). The van der Waals surface area contributed by atoms with Crippen molar-refractivity contribution in [3.8, 4) is 0 Å². The van der Waals surface area contributed by atoms with Gasteiger partial charge in [0.25, 0.3) is 0 Å². The zero-order valence-corrected chi connectivity index (χ0v) is 8.39. The van der Waals surface area contributed by atoms with E-state index in [9.17, 15) is 4.79 Å². The molecule has 0 spiro atoms. The number of nitrogens with two attached hydrogens (primary N) is 1. The minimum atomic E-state index is -0.297. The van der Waals surface area contributed by atoms with Crippen molar-refractivity contribution in [1.82, 2.24) is 0 Å². The largest absolute Gasteiger partial charge is 0.392 e. The average Bonchev–Trinajstić information content (AvgIpc) is 2.16. The molecule has 0 saturated carbocycles. The quantitative estimate of drug-likeness (QED) is 0.744. The minimum Gasteiger partial charge on any atom is -0.392 e. The van der Waals surface area contributed by atoms with Crippen LogP contribution in [-0.2, 0) is 11.4 Å². The molecular formula is C11H14N2O2. The van der Waals surface area contributed by atoms with Crippen molar-refractivity contribution in [2.45, 2.75) is 19.1 Å². The van der Waals surface area contributed by atoms with Crippen molar-refractivity contribution in [3.63, 3.8) is 0 Å². The summed E-state index contributed by atoms with van der Waals surface area (Å²) < 4.78 is 0. The number of carbonyl (C=O) groups excluding carboxylic acids is 1. The van der Waals surface area contributed by atoms with Gasteiger partial charge in [-0.25, -0.2) is 0 Å². The Hall–Kier alpha value is -1.55. The second-order valence-electron chi connectivity index (χ2n) is 3.69. The Morgan fingerprint density at radius 3 is 2.80 bits per heavy atom. The summed E-state index contributed by atoms with van der Waals surface area (Å²) in [5.41, 5.74) is 7.02. The van der Waals surface area contributed by atoms with Gasteiger partial charge in [-0.2, -0.15) is 0 Å². The highest BCUT2D eigenvalue weighted by atomic mass is 16.3. The van der Waals surface area contributed by atoms with Gasteiger partial charge in [0.2, 0.25) is 5.91 Å². The number of hydrogen-bond donors (Lipinski definition) is 2. The summed E-state index contributed by atoms with van der Waals surface area (Å²) in [6.45, 7) is 0.808. The number of benzene rings is 1. The molecule has 1 aromatic carbocycles. The predicted octanol–water partition coefficient (Wildman–Crippen LogP) is 0.243. The monoisotopic (exact) mass is 206 g/mol. The topological polar surface area (TPSA) is 66.6 Å². The van der Waals surface area contributed by atoms with Crippen molar-refractivity contribution in [2.75, 3.05) is 11.4 Å². The van der Waals surface area contributed by atoms with Gasteiger partial charge in [0, 0.05) is 17.8 Å². The zero-order chi connectivity index (χ0) is 10.8. The van der Waals surface area contributed by atoms with Crippen molar-refractivity contribution < 1.29 is 9.90 Å². The third-order valence-electron chi connectivity index (χ3n) is 2.82. The summed E-state index contributed by atoms with van der Waals surface area (Å²) in [4.78, 5) is 13.0. The first kappa shape index (κ1) is 9.98. The number of hydrogen-bond acceptors (Lipinski definition) is 3. The molecule has 1 aliphatic rings. The summed E-state index contributed by atoms with van der Waals surface area (Å²) in [6.07, 6.45) is 0.801. The molecule has 0 radical (unpaired) electrons. The number of para-hydroxylation sites is 1. The Kier molecular flexibility index (Phi) is 2.60. The molecule has 0 aromatic heterocycles. The molecule has 4 heteroatoms. The van der Waals surface area contributed by atoms with Crippen LogP contribution in [0.4, 0.5) is 5.69 Å². The maximum atomic E-state index is 11.1. The molecule has 1 fully saturated rings. The van der Waals surface area contributed by atoms with E-state index in [0.29, 0.717) is 0 Å². The van der Waals surface area contributed by atoms with Gasteiger partial charge in [-0.05, 0) is 12.5 Å². The van der Waals surface area contributed by atoms with Gasteiger partial charge in [-0.1, -0.05) is 18.2 Å². The molecule has 1 atom stereocenters. The Bertz CT molecular complexity index is 379. The molecule has 0 aliphatic carbocycles. The molecule has 80 valence electrons. The molecule has 1 aromatic rings. The number of aliphatic hydroxyl groups is 1. The lowest BCUT2D eigenvalue weighted by Crippen LogP contribution is -2.55. The SMILES string of the molecule is NC(=O)C1CCN1c1ccccc1CO. The van der Waals surface area contributed by atoms with Crippen molar-refractivity contribution in [2.24, 2.45) is 5.73 Å². The van der Waals surface area contributed by atoms with Gasteiger partial charge in [0.1, 0.15) is 6.04 Å². The number of carbonyl (C=O) groups is 1. The van der Waals surface area contributed by atoms with Crippen LogP contribution in [0.3, 0.4) is 0 Å². The first-order valence-electron chi connectivity index (χ1n) is 4.98. The van der Waals surface area contributed by atoms with Gasteiger partial charge in [0.05, 0.1) is 6.61 Å². The van der Waals surface area contributed by atoms with Crippen molar-refractivity contribution in [3.05, 3.63) is 29.8 Å². The van der Waals surface area contributed by atoms with Gasteiger partial charge in [0.15, 0.2) is 0 Å². The van der Waals surface area contributed by atoms with Crippen LogP contribution in [-0.4, -0.2) is 23.6 Å². The van der Waals surface area contributed by atoms with E-state index in [1.807, 2.05) is 29.2 Å². The highest BCUT2D eigenvalue weighted by Gasteiger charge is 2.33. The van der Waals surface area contributed by atoms with Crippen LogP contribution in [0.5, 0.6) is 0 Å². The fourth-order valence-corrected chi connectivity index (χ4v) is 1.90. The smallest absolute Gasteiger partial charge is 0.240 e. The maximum Gasteiger partial charge on any atom is 0.240 e. The van der Waals surface area contributed by atoms with Crippen molar-refractivity contribution in [1.29, 1.82) is 0 Å². The summed E-state index contributed by atoms with van der Waals surface area (Å²) >= 11 is 0. The van der Waals surface area contributed by atoms with Crippen LogP contribution in [0.2, 0.25) is 0 Å². The third-order valence-corrected chi connectivity index (χ3v) is 2.82. The highest BCUT2D eigenvalue weighted by Crippen LogP contribution is 2.29. The molecule has 1 heterocycles. The minimum absolute atomic E-state index is 0.0157. The van der Waals surface area contributed by atoms with Crippen LogP contribution in [0.15, 0.2) is 24.3 Å². The van der Waals surface area contributed by atoms with Crippen LogP contribution in [0.1, 0.15) is 12.0 Å². The number of rotatable bonds is 3. The summed E-state index contributed by atoms with van der Waals surface area (Å²) in [5, 5.41) is 9.17. The number of primary amides is 1. The standard InChI is InChI=1S/C11H14N2O2/c12-11(15)10-5-6-13(10)9-4-2-1-3-8(9)7-14/h1-4,10,14H,5-7H2,(H2,12,15). The van der Waals surface area contributed by atoms with Crippen LogP contribution in [0, 0.1) is 0 Å². The Balaban J connectivity index is 2.26. The van der Waals surface area contributed by atoms with E-state index in [1.54, 1.807) is 0 Å². The fourth-order valence-electron chi connectivity index (χ4n) is 1.90. The van der Waals surface area contributed by atoms with Gasteiger partial charge >= 0.3 is 0 Å². The second kappa shape index (κ2) is 3.90. The van der Waals surface area contributed by atoms with Gasteiger partial charge in [-0.3, -0.25) is 4.79 Å². The fraction of sp³-hybridized carbons (Fsp3) is 0.364. The number of nitrogens with zero attached hydrogens (tertiary/aromatic N) is 1. The Morgan fingerprint density at radius 2 is 2.27 bits per heavy atom. The average molecular weight is 206 g/mol. The molecule has 1 unspecified atom stereocenters. The van der Waals surface area contributed by atoms with E-state index in [-0.39, 0.29) is 18.6 Å². The predicted molar refractivity (Wildman–Crippen MR) is 57.3 cm³/mol. The van der Waals surface area contributed by atoms with Crippen LogP contribution in [0.25, 0.3) is 0 Å². The van der Waals surface area contributed by atoms with E-state index >= 15 is 0 Å². The first-order chi connectivity index (χ1) is 7.24. The summed E-state index contributed by atoms with van der Waals surface area (Å²) in [7, 11) is 0. The molecule has 1 aliphatic heterocycles. The Morgan fingerprint density at radius 1 is 1.53 bits per heavy atom. The summed E-state index contributed by atoms with van der Waals surface area (Å²) in [5.74, 6) is -0.297. The molecule has 1 saturated heterocycles. The number of aliphatic hydroxyl groups excluding tert-OH is 1. The number of anilines is 1. The molecule has 3 N–H and O–H groups in total. The molecule has 15 heavy (non-hydrogen) atoms. The van der Waals surface area contributed by atoms with Gasteiger partial charge < -0.3 is 15.7 Å². The lowest BCUT2D eigenvalue weighted by atomic mass is 9.99. The van der Waals surface area contributed by atoms with E-state index in [2.05, 4.69) is 0 Å². The first-order valence-corrected chi connectivity index (χ1v) is 4.98. The zero-order valence-electron chi connectivity index (χ0n) is 8.39. The highest BCUT2D eigenvalue weighted by molar-refractivity contribution is 5.85. The molecule has 0 bridgehead atoms. The van der Waals surface area contributed by atoms with Crippen LogP contribution < -0.4 is 10.6 Å². The van der Waals surface area contributed by atoms with Crippen LogP contribution >= 0.6 is 0 Å². The van der Waals surface area contributed by atoms with Gasteiger partial charge in [-0.15, -0.1) is 0 Å². The third kappa shape index (κ3) is 1.68. The van der Waals surface area contributed by atoms with E-state index in [1.165, 1.54) is 0 Å². The maximum absolute atomic E-state index is 11.1. The Labute approximate surface area is 88.3 Å². The lowest BCUT2D eigenvalue weighted by molar-refractivity contribution is -0.120. The van der Waals surface area contributed by atoms with E-state index in [4.69, 9.17) is 10.8 Å². The normalized spacial score (nSPS) is 19.8. The van der Waals surface area contributed by atoms with E-state index < -0.39 is 0 Å². The summed E-state index contributed by atoms with van der Waals surface area (Å²) in [6, 6.07) is 7.31. The van der Waals surface area contributed by atoms with Crippen molar-refractivity contribution >= 4 is 11.6 Å².